The minimum Gasteiger partial charge on any atom is -0.467 e. The van der Waals surface area contributed by atoms with Crippen molar-refractivity contribution in [1.29, 1.82) is 0 Å². The van der Waals surface area contributed by atoms with E-state index in [-0.39, 0.29) is 17.7 Å². The minimum atomic E-state index is -4.45. The van der Waals surface area contributed by atoms with Crippen LogP contribution in [0.2, 0.25) is 0 Å². The third-order valence-corrected chi connectivity index (χ3v) is 9.68. The molecule has 0 bridgehead atoms. The number of benzene rings is 5. The number of hydrogen-bond acceptors (Lipinski definition) is 5. The molecule has 0 saturated carbocycles. The van der Waals surface area contributed by atoms with Gasteiger partial charge in [0.05, 0.1) is 12.7 Å². The van der Waals surface area contributed by atoms with Gasteiger partial charge >= 0.3 is 12.1 Å². The van der Waals surface area contributed by atoms with Gasteiger partial charge in [-0.1, -0.05) is 103 Å². The number of ether oxygens (including phenoxy) is 1. The van der Waals surface area contributed by atoms with E-state index in [0.29, 0.717) is 41.9 Å². The quantitative estimate of drug-likeness (QED) is 0.134. The molecule has 1 fully saturated rings. The molecule has 272 valence electrons. The third kappa shape index (κ3) is 9.20. The maximum atomic E-state index is 14.0. The zero-order valence-electron chi connectivity index (χ0n) is 29.2. The molecule has 5 aromatic carbocycles. The molecule has 5 aromatic rings. The molecule has 1 aliphatic rings. The first kappa shape index (κ1) is 37.0. The Morgan fingerprint density at radius 3 is 2.00 bits per heavy atom. The van der Waals surface area contributed by atoms with E-state index in [2.05, 4.69) is 15.5 Å². The van der Waals surface area contributed by atoms with Crippen molar-refractivity contribution in [2.75, 3.05) is 25.5 Å². The molecular formula is C43H40F3N3O4. The van der Waals surface area contributed by atoms with Gasteiger partial charge in [0.1, 0.15) is 12.1 Å². The highest BCUT2D eigenvalue weighted by Crippen LogP contribution is 2.34. The second kappa shape index (κ2) is 16.7. The Hall–Kier alpha value is -5.74. The zero-order valence-corrected chi connectivity index (χ0v) is 29.2. The smallest absolute Gasteiger partial charge is 0.416 e. The van der Waals surface area contributed by atoms with Crippen molar-refractivity contribution in [3.8, 4) is 11.1 Å². The van der Waals surface area contributed by atoms with Gasteiger partial charge in [0.25, 0.3) is 5.91 Å². The van der Waals surface area contributed by atoms with Crippen LogP contribution in [0.5, 0.6) is 0 Å². The average Bonchev–Trinajstić information content (AvgIpc) is 3.18. The predicted octanol–water partition coefficient (Wildman–Crippen LogP) is 8.45. The fraction of sp³-hybridized carbons (Fsp3) is 0.233. The fourth-order valence-corrected chi connectivity index (χ4v) is 6.90. The van der Waals surface area contributed by atoms with Crippen molar-refractivity contribution in [3.05, 3.63) is 161 Å². The number of nitrogens with zero attached hydrogens (tertiary/aromatic N) is 1. The van der Waals surface area contributed by atoms with Crippen LogP contribution in [-0.2, 0) is 26.9 Å². The van der Waals surface area contributed by atoms with Crippen LogP contribution in [0.4, 0.5) is 18.9 Å². The van der Waals surface area contributed by atoms with Crippen molar-refractivity contribution in [2.45, 2.75) is 43.4 Å². The van der Waals surface area contributed by atoms with Gasteiger partial charge in [-0.15, -0.1) is 0 Å². The zero-order chi connectivity index (χ0) is 37.4. The van der Waals surface area contributed by atoms with Crippen molar-refractivity contribution in [1.82, 2.24) is 10.2 Å². The lowest BCUT2D eigenvalue weighted by Gasteiger charge is -2.37. The standard InChI is InChI=1S/C43H40F3N3O4/c1-53-42(52)38(28-29-10-4-2-5-11-29)48-41(51)39(33-12-6-3-7-13-33)49-26-24-31(25-27-49)30-18-22-35(23-19-30)47-40(50)37-15-9-8-14-36(37)32-16-20-34(21-17-32)43(44,45)46/h2-23,31,38-39H,24-28H2,1H3,(H,47,50)(H,48,51). The van der Waals surface area contributed by atoms with Gasteiger partial charge in [-0.3, -0.25) is 14.5 Å². The third-order valence-electron chi connectivity index (χ3n) is 9.68. The number of piperidine rings is 1. The molecule has 0 radical (unpaired) electrons. The van der Waals surface area contributed by atoms with Crippen LogP contribution in [0.15, 0.2) is 133 Å². The second-order valence-corrected chi connectivity index (χ2v) is 13.1. The molecular weight excluding hydrogens is 679 g/mol. The van der Waals surface area contributed by atoms with Crippen LogP contribution in [0.3, 0.4) is 0 Å². The lowest BCUT2D eigenvalue weighted by molar-refractivity contribution is -0.146. The van der Waals surface area contributed by atoms with Gasteiger partial charge in [0.15, 0.2) is 0 Å². The molecule has 6 rings (SSSR count). The highest BCUT2D eigenvalue weighted by atomic mass is 19.4. The van der Waals surface area contributed by atoms with E-state index in [1.807, 2.05) is 84.9 Å². The van der Waals surface area contributed by atoms with Gasteiger partial charge in [0, 0.05) is 17.7 Å². The Morgan fingerprint density at radius 2 is 1.38 bits per heavy atom. The number of alkyl halides is 3. The summed E-state index contributed by atoms with van der Waals surface area (Å²) in [7, 11) is 1.32. The lowest BCUT2D eigenvalue weighted by atomic mass is 9.88. The summed E-state index contributed by atoms with van der Waals surface area (Å²) in [6.07, 6.45) is -2.54. The van der Waals surface area contributed by atoms with Gasteiger partial charge < -0.3 is 15.4 Å². The molecule has 0 spiro atoms. The summed E-state index contributed by atoms with van der Waals surface area (Å²) < 4.78 is 44.3. The van der Waals surface area contributed by atoms with Crippen molar-refractivity contribution < 1.29 is 32.3 Å². The van der Waals surface area contributed by atoms with E-state index < -0.39 is 29.8 Å². The number of amides is 2. The maximum absolute atomic E-state index is 14.0. The largest absolute Gasteiger partial charge is 0.467 e. The van der Waals surface area contributed by atoms with Crippen LogP contribution < -0.4 is 10.6 Å². The monoisotopic (exact) mass is 719 g/mol. The molecule has 53 heavy (non-hydrogen) atoms. The number of carbonyl (C=O) groups excluding carboxylic acids is 3. The Kier molecular flexibility index (Phi) is 11.7. The molecule has 2 unspecified atom stereocenters. The summed E-state index contributed by atoms with van der Waals surface area (Å²) in [5, 5.41) is 5.90. The molecule has 2 N–H and O–H groups in total. The highest BCUT2D eigenvalue weighted by molar-refractivity contribution is 6.08. The Labute approximate surface area is 306 Å². The number of esters is 1. The summed E-state index contributed by atoms with van der Waals surface area (Å²) in [6.45, 7) is 1.30. The minimum absolute atomic E-state index is 0.233. The van der Waals surface area contributed by atoms with E-state index in [9.17, 15) is 27.6 Å². The number of hydrogen-bond donors (Lipinski definition) is 2. The van der Waals surface area contributed by atoms with Gasteiger partial charge in [-0.2, -0.15) is 13.2 Å². The molecule has 2 amide bonds. The lowest BCUT2D eigenvalue weighted by Crippen LogP contribution is -2.49. The molecule has 1 saturated heterocycles. The van der Waals surface area contributed by atoms with Gasteiger partial charge in [-0.25, -0.2) is 4.79 Å². The molecule has 2 atom stereocenters. The fourth-order valence-electron chi connectivity index (χ4n) is 6.90. The summed E-state index contributed by atoms with van der Waals surface area (Å²) in [5.74, 6) is -0.904. The van der Waals surface area contributed by atoms with E-state index in [1.165, 1.54) is 19.2 Å². The van der Waals surface area contributed by atoms with Crippen LogP contribution in [0, 0.1) is 0 Å². The summed E-state index contributed by atoms with van der Waals surface area (Å²) in [6, 6.07) is 36.9. The highest BCUT2D eigenvalue weighted by Gasteiger charge is 2.34. The van der Waals surface area contributed by atoms with Gasteiger partial charge in [-0.05, 0) is 90.0 Å². The van der Waals surface area contributed by atoms with E-state index in [4.69, 9.17) is 4.74 Å². The molecule has 0 aliphatic carbocycles. The SMILES string of the molecule is COC(=O)C(Cc1ccccc1)NC(=O)C(c1ccccc1)N1CCC(c2ccc(NC(=O)c3ccccc3-c3ccc(C(F)(F)F)cc3)cc2)CC1. The first-order valence-electron chi connectivity index (χ1n) is 17.5. The number of carbonyl (C=O) groups is 3. The van der Waals surface area contributed by atoms with Gasteiger partial charge in [0.2, 0.25) is 5.91 Å². The molecule has 7 nitrogen and oxygen atoms in total. The molecule has 10 heteroatoms. The predicted molar refractivity (Wildman–Crippen MR) is 198 cm³/mol. The first-order chi connectivity index (χ1) is 25.6. The van der Waals surface area contributed by atoms with Crippen molar-refractivity contribution in [2.24, 2.45) is 0 Å². The second-order valence-electron chi connectivity index (χ2n) is 13.1. The van der Waals surface area contributed by atoms with Crippen molar-refractivity contribution in [3.63, 3.8) is 0 Å². The summed E-state index contributed by atoms with van der Waals surface area (Å²) >= 11 is 0. The number of nitrogens with one attached hydrogen (secondary N) is 2. The van der Waals surface area contributed by atoms with E-state index >= 15 is 0 Å². The first-order valence-corrected chi connectivity index (χ1v) is 17.5. The Bertz CT molecular complexity index is 2000. The summed E-state index contributed by atoms with van der Waals surface area (Å²) in [5.41, 5.74) is 4.09. The van der Waals surface area contributed by atoms with Crippen LogP contribution in [0.1, 0.15) is 57.4 Å². The molecule has 0 aromatic heterocycles. The molecule has 1 heterocycles. The molecule has 1 aliphatic heterocycles. The van der Waals surface area contributed by atoms with E-state index in [0.717, 1.165) is 41.7 Å². The number of likely N-dealkylation sites (tertiary alicyclic amines) is 1. The number of halogens is 3. The summed E-state index contributed by atoms with van der Waals surface area (Å²) in [4.78, 5) is 42.2. The van der Waals surface area contributed by atoms with Crippen LogP contribution in [-0.4, -0.2) is 48.9 Å². The average molecular weight is 720 g/mol. The number of rotatable bonds is 11. The number of methoxy groups -OCH3 is 1. The number of anilines is 1. The maximum Gasteiger partial charge on any atom is 0.416 e. The van der Waals surface area contributed by atoms with E-state index in [1.54, 1.807) is 24.3 Å². The van der Waals surface area contributed by atoms with Crippen LogP contribution in [0.25, 0.3) is 11.1 Å². The van der Waals surface area contributed by atoms with Crippen molar-refractivity contribution >= 4 is 23.5 Å². The Morgan fingerprint density at radius 1 is 0.774 bits per heavy atom. The Balaban J connectivity index is 1.10. The normalized spacial score (nSPS) is 14.9. The topological polar surface area (TPSA) is 87.7 Å². The van der Waals surface area contributed by atoms with Crippen LogP contribution >= 0.6 is 0 Å².